The molecule has 6 nitrogen and oxygen atoms in total. The molecule has 6 heteroatoms. The molecule has 1 atom stereocenters. The van der Waals surface area contributed by atoms with E-state index in [1.54, 1.807) is 14.2 Å². The van der Waals surface area contributed by atoms with Gasteiger partial charge in [-0.15, -0.1) is 0 Å². The van der Waals surface area contributed by atoms with Crippen molar-refractivity contribution in [1.29, 1.82) is 0 Å². The molecule has 2 fully saturated rings. The molecule has 0 radical (unpaired) electrons. The number of hydrogen-bond donors (Lipinski definition) is 0. The van der Waals surface area contributed by atoms with Crippen LogP contribution in [0.1, 0.15) is 45.6 Å². The number of amides is 1. The van der Waals surface area contributed by atoms with Crippen LogP contribution in [0.3, 0.4) is 0 Å². The van der Waals surface area contributed by atoms with Crippen molar-refractivity contribution < 1.29 is 19.0 Å². The summed E-state index contributed by atoms with van der Waals surface area (Å²) in [5, 5.41) is 0. The molecule has 1 aromatic carbocycles. The number of carbonyl (C=O) groups excluding carboxylic acids is 1. The highest BCUT2D eigenvalue weighted by atomic mass is 16.6. The third-order valence-corrected chi connectivity index (χ3v) is 5.57. The summed E-state index contributed by atoms with van der Waals surface area (Å²) in [6.07, 6.45) is 3.02. The molecule has 1 aromatic rings. The summed E-state index contributed by atoms with van der Waals surface area (Å²) >= 11 is 0. The highest BCUT2D eigenvalue weighted by Gasteiger charge is 2.48. The summed E-state index contributed by atoms with van der Waals surface area (Å²) in [4.78, 5) is 16.9. The lowest BCUT2D eigenvalue weighted by atomic mass is 9.77. The Kier molecular flexibility index (Phi) is 5.56. The first-order chi connectivity index (χ1) is 12.8. The van der Waals surface area contributed by atoms with E-state index in [0.29, 0.717) is 0 Å². The zero-order valence-electron chi connectivity index (χ0n) is 17.2. The van der Waals surface area contributed by atoms with Crippen LogP contribution in [0.5, 0.6) is 11.5 Å². The summed E-state index contributed by atoms with van der Waals surface area (Å²) in [5.74, 6) is 1.55. The zero-order valence-corrected chi connectivity index (χ0v) is 17.2. The molecule has 27 heavy (non-hydrogen) atoms. The first-order valence-electron chi connectivity index (χ1n) is 9.71. The molecule has 3 rings (SSSR count). The van der Waals surface area contributed by atoms with Gasteiger partial charge in [0.2, 0.25) is 0 Å². The van der Waals surface area contributed by atoms with Crippen molar-refractivity contribution in [2.45, 2.75) is 57.7 Å². The van der Waals surface area contributed by atoms with Gasteiger partial charge in [0, 0.05) is 37.3 Å². The average molecular weight is 376 g/mol. The van der Waals surface area contributed by atoms with Gasteiger partial charge < -0.3 is 19.1 Å². The standard InChI is InChI=1S/C21H32N2O4/c1-20(2,3)27-19(24)22-12-7-10-21(15-22)11-13-23(21)14-16-8-6-9-17(25-4)18(16)26-5/h6,8-9H,7,10-15H2,1-5H3/t21-/m0/s1. The van der Waals surface area contributed by atoms with Gasteiger partial charge in [-0.3, -0.25) is 4.90 Å². The Labute approximate surface area is 162 Å². The van der Waals surface area contributed by atoms with Crippen LogP contribution in [-0.4, -0.2) is 60.9 Å². The van der Waals surface area contributed by atoms with Crippen molar-refractivity contribution in [2.24, 2.45) is 0 Å². The molecule has 2 aliphatic rings. The maximum atomic E-state index is 12.5. The van der Waals surface area contributed by atoms with Crippen LogP contribution in [0, 0.1) is 0 Å². The minimum absolute atomic E-state index is 0.0449. The van der Waals surface area contributed by atoms with E-state index in [9.17, 15) is 4.79 Å². The monoisotopic (exact) mass is 376 g/mol. The third-order valence-electron chi connectivity index (χ3n) is 5.57. The van der Waals surface area contributed by atoms with Crippen LogP contribution in [0.15, 0.2) is 18.2 Å². The molecular formula is C21H32N2O4. The number of likely N-dealkylation sites (tertiary alicyclic amines) is 2. The first kappa shape index (κ1) is 19.8. The molecule has 1 spiro atoms. The van der Waals surface area contributed by atoms with E-state index in [4.69, 9.17) is 14.2 Å². The van der Waals surface area contributed by atoms with Crippen molar-refractivity contribution in [2.75, 3.05) is 33.9 Å². The summed E-state index contributed by atoms with van der Waals surface area (Å²) < 4.78 is 16.6. The SMILES string of the molecule is COc1cccc(CN2CC[C@]23CCCN(C(=O)OC(C)(C)C)C3)c1OC. The number of para-hydroxylation sites is 1. The van der Waals surface area contributed by atoms with E-state index < -0.39 is 5.60 Å². The number of rotatable bonds is 4. The Morgan fingerprint density at radius 1 is 1.15 bits per heavy atom. The predicted molar refractivity (Wildman–Crippen MR) is 104 cm³/mol. The van der Waals surface area contributed by atoms with Gasteiger partial charge in [0.25, 0.3) is 0 Å². The van der Waals surface area contributed by atoms with Gasteiger partial charge in [0.05, 0.1) is 14.2 Å². The Balaban J connectivity index is 1.72. The summed E-state index contributed by atoms with van der Waals surface area (Å²) in [7, 11) is 3.34. The molecule has 150 valence electrons. The first-order valence-corrected chi connectivity index (χ1v) is 9.71. The van der Waals surface area contributed by atoms with E-state index in [-0.39, 0.29) is 11.6 Å². The van der Waals surface area contributed by atoms with Crippen molar-refractivity contribution in [3.05, 3.63) is 23.8 Å². The van der Waals surface area contributed by atoms with Crippen molar-refractivity contribution in [3.63, 3.8) is 0 Å². The van der Waals surface area contributed by atoms with Gasteiger partial charge in [0.15, 0.2) is 11.5 Å². The highest BCUT2D eigenvalue weighted by molar-refractivity contribution is 5.68. The number of hydrogen-bond acceptors (Lipinski definition) is 5. The molecule has 0 bridgehead atoms. The molecule has 0 saturated carbocycles. The van der Waals surface area contributed by atoms with Crippen molar-refractivity contribution in [1.82, 2.24) is 9.80 Å². The van der Waals surface area contributed by atoms with Crippen LogP contribution in [0.2, 0.25) is 0 Å². The number of ether oxygens (including phenoxy) is 3. The molecular weight excluding hydrogens is 344 g/mol. The molecule has 1 amide bonds. The topological polar surface area (TPSA) is 51.2 Å². The number of nitrogens with zero attached hydrogens (tertiary/aromatic N) is 2. The minimum Gasteiger partial charge on any atom is -0.493 e. The molecule has 0 aliphatic carbocycles. The van der Waals surface area contributed by atoms with E-state index in [1.807, 2.05) is 37.8 Å². The predicted octanol–water partition coefficient (Wildman–Crippen LogP) is 3.68. The second kappa shape index (κ2) is 7.58. The minimum atomic E-state index is -0.463. The number of piperidine rings is 1. The van der Waals surface area contributed by atoms with Gasteiger partial charge in [-0.25, -0.2) is 4.79 Å². The highest BCUT2D eigenvalue weighted by Crippen LogP contribution is 2.42. The molecule has 2 saturated heterocycles. The Morgan fingerprint density at radius 3 is 2.52 bits per heavy atom. The van der Waals surface area contributed by atoms with E-state index in [0.717, 1.165) is 62.5 Å². The smallest absolute Gasteiger partial charge is 0.410 e. The summed E-state index contributed by atoms with van der Waals surface area (Å²) in [5.41, 5.74) is 0.698. The van der Waals surface area contributed by atoms with Crippen LogP contribution >= 0.6 is 0 Å². The van der Waals surface area contributed by atoms with Gasteiger partial charge in [-0.2, -0.15) is 0 Å². The lowest BCUT2D eigenvalue weighted by Gasteiger charge is -2.57. The fourth-order valence-corrected chi connectivity index (χ4v) is 4.17. The van der Waals surface area contributed by atoms with Crippen molar-refractivity contribution in [3.8, 4) is 11.5 Å². The Bertz CT molecular complexity index is 685. The van der Waals surface area contributed by atoms with E-state index in [2.05, 4.69) is 11.0 Å². The molecule has 0 N–H and O–H groups in total. The second-order valence-electron chi connectivity index (χ2n) is 8.55. The molecule has 0 aromatic heterocycles. The average Bonchev–Trinajstić information content (AvgIpc) is 2.63. The molecule has 0 unspecified atom stereocenters. The van der Waals surface area contributed by atoms with Crippen LogP contribution < -0.4 is 9.47 Å². The van der Waals surface area contributed by atoms with Gasteiger partial charge in [-0.05, 0) is 46.1 Å². The van der Waals surface area contributed by atoms with Crippen LogP contribution in [0.4, 0.5) is 4.79 Å². The van der Waals surface area contributed by atoms with Gasteiger partial charge in [-0.1, -0.05) is 12.1 Å². The Hall–Kier alpha value is -1.95. The van der Waals surface area contributed by atoms with Crippen LogP contribution in [0.25, 0.3) is 0 Å². The number of methoxy groups -OCH3 is 2. The third kappa shape index (κ3) is 4.15. The fourth-order valence-electron chi connectivity index (χ4n) is 4.17. The lowest BCUT2D eigenvalue weighted by molar-refractivity contribution is -0.0746. The fraction of sp³-hybridized carbons (Fsp3) is 0.667. The maximum Gasteiger partial charge on any atom is 0.410 e. The largest absolute Gasteiger partial charge is 0.493 e. The van der Waals surface area contributed by atoms with Crippen molar-refractivity contribution >= 4 is 6.09 Å². The summed E-state index contributed by atoms with van der Waals surface area (Å²) in [6, 6.07) is 6.00. The van der Waals surface area contributed by atoms with E-state index in [1.165, 1.54) is 0 Å². The quantitative estimate of drug-likeness (QED) is 0.802. The van der Waals surface area contributed by atoms with Gasteiger partial charge in [0.1, 0.15) is 5.60 Å². The van der Waals surface area contributed by atoms with E-state index >= 15 is 0 Å². The zero-order chi connectivity index (χ0) is 19.7. The Morgan fingerprint density at radius 2 is 1.93 bits per heavy atom. The lowest BCUT2D eigenvalue weighted by Crippen LogP contribution is -2.67. The van der Waals surface area contributed by atoms with Gasteiger partial charge >= 0.3 is 6.09 Å². The van der Waals surface area contributed by atoms with Crippen LogP contribution in [-0.2, 0) is 11.3 Å². The number of carbonyl (C=O) groups is 1. The molecule has 2 heterocycles. The normalized spacial score (nSPS) is 23.1. The maximum absolute atomic E-state index is 12.5. The second-order valence-corrected chi connectivity index (χ2v) is 8.55. The summed E-state index contributed by atoms with van der Waals surface area (Å²) in [6.45, 7) is 9.06. The number of benzene rings is 1. The molecule has 2 aliphatic heterocycles.